The zero-order chi connectivity index (χ0) is 14.8. The number of hydrogen-bond donors (Lipinski definition) is 2. The fraction of sp³-hybridized carbons (Fsp3) is 0.357. The average molecular weight is 279 g/mol. The monoisotopic (exact) mass is 279 g/mol. The summed E-state index contributed by atoms with van der Waals surface area (Å²) in [6.45, 7) is 0.523. The largest absolute Gasteiger partial charge is 0.494 e. The average Bonchev–Trinajstić information content (AvgIpc) is 2.44. The molecule has 0 radical (unpaired) electrons. The third kappa shape index (κ3) is 6.53. The molecule has 0 fully saturated rings. The van der Waals surface area contributed by atoms with E-state index in [0.717, 1.165) is 6.29 Å². The lowest BCUT2D eigenvalue weighted by Gasteiger charge is -2.06. The molecule has 20 heavy (non-hydrogen) atoms. The molecule has 0 atom stereocenters. The summed E-state index contributed by atoms with van der Waals surface area (Å²) >= 11 is 0. The summed E-state index contributed by atoms with van der Waals surface area (Å²) in [7, 11) is 0. The minimum Gasteiger partial charge on any atom is -0.494 e. The van der Waals surface area contributed by atoms with Gasteiger partial charge in [0.2, 0.25) is 5.91 Å². The van der Waals surface area contributed by atoms with E-state index >= 15 is 0 Å². The Morgan fingerprint density at radius 3 is 2.50 bits per heavy atom. The molecular weight excluding hydrogens is 262 g/mol. The molecule has 0 spiro atoms. The Bertz CT molecular complexity index is 455. The van der Waals surface area contributed by atoms with Gasteiger partial charge in [0, 0.05) is 18.5 Å². The fourth-order valence-corrected chi connectivity index (χ4v) is 1.46. The van der Waals surface area contributed by atoms with Crippen molar-refractivity contribution in [3.05, 3.63) is 29.8 Å². The van der Waals surface area contributed by atoms with Crippen LogP contribution >= 0.6 is 0 Å². The van der Waals surface area contributed by atoms with E-state index in [1.807, 2.05) is 0 Å². The molecule has 0 aliphatic heterocycles. The number of hydrogen-bond acceptors (Lipinski definition) is 4. The maximum Gasteiger partial charge on any atom is 0.305 e. The first kappa shape index (κ1) is 15.7. The number of benzene rings is 1. The number of rotatable bonds is 9. The number of carboxylic acids is 1. The van der Waals surface area contributed by atoms with Crippen molar-refractivity contribution < 1.29 is 24.2 Å². The molecule has 1 amide bonds. The molecule has 0 saturated carbocycles. The first-order valence-electron chi connectivity index (χ1n) is 6.28. The number of aldehydes is 1. The van der Waals surface area contributed by atoms with Crippen molar-refractivity contribution in [3.8, 4) is 5.75 Å². The molecule has 0 heterocycles. The standard InChI is InChI=1S/C14H17NO5/c16-10-11-3-5-12(6-4-11)20-9-1-2-13(17)15-8-7-14(18)19/h3-6,10H,1-2,7-9H2,(H,15,17)(H,18,19). The third-order valence-corrected chi connectivity index (χ3v) is 2.49. The maximum atomic E-state index is 11.3. The molecule has 0 saturated heterocycles. The van der Waals surface area contributed by atoms with E-state index in [-0.39, 0.29) is 25.3 Å². The van der Waals surface area contributed by atoms with Crippen molar-refractivity contribution in [2.24, 2.45) is 0 Å². The highest BCUT2D eigenvalue weighted by molar-refractivity contribution is 5.76. The van der Waals surface area contributed by atoms with E-state index in [0.29, 0.717) is 24.3 Å². The van der Waals surface area contributed by atoms with Crippen LogP contribution in [0.15, 0.2) is 24.3 Å². The summed E-state index contributed by atoms with van der Waals surface area (Å²) in [6, 6.07) is 6.69. The van der Waals surface area contributed by atoms with Crippen LogP contribution in [-0.4, -0.2) is 36.4 Å². The Kier molecular flexibility index (Phi) is 6.81. The number of amides is 1. The number of ether oxygens (including phenoxy) is 1. The highest BCUT2D eigenvalue weighted by Gasteiger charge is 2.03. The Morgan fingerprint density at radius 2 is 1.90 bits per heavy atom. The van der Waals surface area contributed by atoms with Crippen LogP contribution in [-0.2, 0) is 9.59 Å². The summed E-state index contributed by atoms with van der Waals surface area (Å²) in [4.78, 5) is 32.0. The number of aliphatic carboxylic acids is 1. The number of carbonyl (C=O) groups excluding carboxylic acids is 2. The minimum atomic E-state index is -0.938. The van der Waals surface area contributed by atoms with Crippen LogP contribution in [0, 0.1) is 0 Å². The number of nitrogens with one attached hydrogen (secondary N) is 1. The Morgan fingerprint density at radius 1 is 1.20 bits per heavy atom. The molecule has 0 aliphatic rings. The van der Waals surface area contributed by atoms with Gasteiger partial charge in [0.25, 0.3) is 0 Å². The lowest BCUT2D eigenvalue weighted by atomic mass is 10.2. The molecule has 108 valence electrons. The van der Waals surface area contributed by atoms with Gasteiger partial charge in [-0.2, -0.15) is 0 Å². The van der Waals surface area contributed by atoms with E-state index in [1.165, 1.54) is 0 Å². The topological polar surface area (TPSA) is 92.7 Å². The third-order valence-electron chi connectivity index (χ3n) is 2.49. The zero-order valence-electron chi connectivity index (χ0n) is 11.0. The normalized spacial score (nSPS) is 9.80. The van der Waals surface area contributed by atoms with Crippen LogP contribution < -0.4 is 10.1 Å². The van der Waals surface area contributed by atoms with Crippen LogP contribution in [0.1, 0.15) is 29.6 Å². The number of carbonyl (C=O) groups is 3. The van der Waals surface area contributed by atoms with Crippen LogP contribution in [0.3, 0.4) is 0 Å². The lowest BCUT2D eigenvalue weighted by Crippen LogP contribution is -2.26. The van der Waals surface area contributed by atoms with Gasteiger partial charge in [-0.05, 0) is 30.7 Å². The first-order valence-corrected chi connectivity index (χ1v) is 6.28. The predicted octanol–water partition coefficient (Wildman–Crippen LogP) is 1.25. The van der Waals surface area contributed by atoms with Gasteiger partial charge >= 0.3 is 5.97 Å². The van der Waals surface area contributed by atoms with Crippen molar-refractivity contribution in [3.63, 3.8) is 0 Å². The van der Waals surface area contributed by atoms with Crippen LogP contribution in [0.4, 0.5) is 0 Å². The van der Waals surface area contributed by atoms with E-state index in [1.54, 1.807) is 24.3 Å². The van der Waals surface area contributed by atoms with Gasteiger partial charge in [-0.25, -0.2) is 0 Å². The van der Waals surface area contributed by atoms with Crippen molar-refractivity contribution in [2.45, 2.75) is 19.3 Å². The highest BCUT2D eigenvalue weighted by Crippen LogP contribution is 2.11. The van der Waals surface area contributed by atoms with Gasteiger partial charge < -0.3 is 15.2 Å². The zero-order valence-corrected chi connectivity index (χ0v) is 11.0. The Labute approximate surface area is 116 Å². The van der Waals surface area contributed by atoms with E-state index in [4.69, 9.17) is 9.84 Å². The molecule has 0 aliphatic carbocycles. The Balaban J connectivity index is 2.12. The molecule has 0 aromatic heterocycles. The van der Waals surface area contributed by atoms with Crippen LogP contribution in [0.25, 0.3) is 0 Å². The predicted molar refractivity (Wildman–Crippen MR) is 71.8 cm³/mol. The second kappa shape index (κ2) is 8.68. The van der Waals surface area contributed by atoms with Crippen molar-refractivity contribution in [1.82, 2.24) is 5.32 Å². The smallest absolute Gasteiger partial charge is 0.305 e. The summed E-state index contributed by atoms with van der Waals surface area (Å²) < 4.78 is 5.41. The lowest BCUT2D eigenvalue weighted by molar-refractivity contribution is -0.136. The van der Waals surface area contributed by atoms with Gasteiger partial charge in [0.15, 0.2) is 0 Å². The molecule has 6 nitrogen and oxygen atoms in total. The van der Waals surface area contributed by atoms with Crippen molar-refractivity contribution in [1.29, 1.82) is 0 Å². The van der Waals surface area contributed by atoms with Gasteiger partial charge in [0.05, 0.1) is 13.0 Å². The molecule has 0 unspecified atom stereocenters. The molecular formula is C14H17NO5. The van der Waals surface area contributed by atoms with Gasteiger partial charge in [-0.3, -0.25) is 14.4 Å². The van der Waals surface area contributed by atoms with Crippen LogP contribution in [0.2, 0.25) is 0 Å². The molecule has 2 N–H and O–H groups in total. The fourth-order valence-electron chi connectivity index (χ4n) is 1.46. The van der Waals surface area contributed by atoms with E-state index in [9.17, 15) is 14.4 Å². The molecule has 1 aromatic carbocycles. The second-order valence-electron chi connectivity index (χ2n) is 4.13. The summed E-state index contributed by atoms with van der Waals surface area (Å²) in [5, 5.41) is 10.9. The molecule has 1 rings (SSSR count). The highest BCUT2D eigenvalue weighted by atomic mass is 16.5. The minimum absolute atomic E-state index is 0.0781. The summed E-state index contributed by atoms with van der Waals surface area (Å²) in [5.41, 5.74) is 0.579. The number of carboxylic acid groups (broad SMARTS) is 1. The SMILES string of the molecule is O=Cc1ccc(OCCCC(=O)NCCC(=O)O)cc1. The van der Waals surface area contributed by atoms with Gasteiger partial charge in [0.1, 0.15) is 12.0 Å². The summed E-state index contributed by atoms with van der Waals surface area (Å²) in [6.07, 6.45) is 1.50. The van der Waals surface area contributed by atoms with Gasteiger partial charge in [-0.15, -0.1) is 0 Å². The molecule has 6 heteroatoms. The van der Waals surface area contributed by atoms with Crippen LogP contribution in [0.5, 0.6) is 5.75 Å². The first-order chi connectivity index (χ1) is 9.61. The second-order valence-corrected chi connectivity index (χ2v) is 4.13. The maximum absolute atomic E-state index is 11.3. The van der Waals surface area contributed by atoms with E-state index in [2.05, 4.69) is 5.32 Å². The summed E-state index contributed by atoms with van der Waals surface area (Å²) in [5.74, 6) is -0.486. The molecule has 1 aromatic rings. The van der Waals surface area contributed by atoms with E-state index < -0.39 is 5.97 Å². The van der Waals surface area contributed by atoms with Crippen molar-refractivity contribution >= 4 is 18.2 Å². The van der Waals surface area contributed by atoms with Gasteiger partial charge in [-0.1, -0.05) is 0 Å². The molecule has 0 bridgehead atoms. The quantitative estimate of drug-likeness (QED) is 0.524. The van der Waals surface area contributed by atoms with Crippen molar-refractivity contribution in [2.75, 3.05) is 13.2 Å². The Hall–Kier alpha value is -2.37.